The zero-order valence-electron chi connectivity index (χ0n) is 16.5. The van der Waals surface area contributed by atoms with Gasteiger partial charge >= 0.3 is 0 Å². The van der Waals surface area contributed by atoms with Crippen molar-refractivity contribution in [1.29, 1.82) is 0 Å². The normalized spacial score (nSPS) is 22.4. The number of nitrogens with zero attached hydrogens (tertiary/aromatic N) is 4. The van der Waals surface area contributed by atoms with Gasteiger partial charge in [-0.3, -0.25) is 4.79 Å². The van der Waals surface area contributed by atoms with Crippen molar-refractivity contribution in [3.8, 4) is 11.1 Å². The fourth-order valence-electron chi connectivity index (χ4n) is 4.67. The average molecular weight is 407 g/mol. The van der Waals surface area contributed by atoms with Gasteiger partial charge in [-0.2, -0.15) is 5.10 Å². The van der Waals surface area contributed by atoms with E-state index in [1.165, 1.54) is 12.8 Å². The largest absolute Gasteiger partial charge is 0.311 e. The lowest BCUT2D eigenvalue weighted by Crippen LogP contribution is -2.33. The van der Waals surface area contributed by atoms with E-state index in [9.17, 15) is 4.79 Å². The molecule has 0 aliphatic heterocycles. The van der Waals surface area contributed by atoms with Gasteiger partial charge in [-0.25, -0.2) is 9.50 Å². The second kappa shape index (κ2) is 6.99. The van der Waals surface area contributed by atoms with Crippen LogP contribution in [0.25, 0.3) is 27.7 Å². The first-order chi connectivity index (χ1) is 14.0. The Kier molecular flexibility index (Phi) is 4.43. The first-order valence-corrected chi connectivity index (χ1v) is 10.6. The molecule has 0 N–H and O–H groups in total. The maximum Gasteiger partial charge on any atom is 0.261 e. The van der Waals surface area contributed by atoms with E-state index in [0.717, 1.165) is 28.7 Å². The Morgan fingerprint density at radius 2 is 1.86 bits per heavy atom. The van der Waals surface area contributed by atoms with Crippen LogP contribution in [-0.2, 0) is 0 Å². The number of fused-ring (bicyclic) bond motifs is 3. The highest BCUT2D eigenvalue weighted by molar-refractivity contribution is 6.30. The predicted octanol–water partition coefficient (Wildman–Crippen LogP) is 5.36. The molecule has 1 aromatic carbocycles. The third-order valence-corrected chi connectivity index (χ3v) is 6.85. The van der Waals surface area contributed by atoms with Crippen LogP contribution in [0.3, 0.4) is 0 Å². The minimum atomic E-state index is 0.0198. The highest BCUT2D eigenvalue weighted by atomic mass is 35.5. The van der Waals surface area contributed by atoms with E-state index in [2.05, 4.69) is 23.9 Å². The molecule has 1 aliphatic carbocycles. The number of rotatable bonds is 2. The molecule has 1 aliphatic rings. The second-order valence-corrected chi connectivity index (χ2v) is 8.66. The molecule has 0 saturated heterocycles. The van der Waals surface area contributed by atoms with E-state index in [4.69, 9.17) is 11.6 Å². The van der Waals surface area contributed by atoms with E-state index in [-0.39, 0.29) is 11.6 Å². The molecule has 5 rings (SSSR count). The fourth-order valence-corrected chi connectivity index (χ4v) is 4.80. The van der Waals surface area contributed by atoms with Crippen LogP contribution in [0.5, 0.6) is 0 Å². The van der Waals surface area contributed by atoms with Crippen molar-refractivity contribution < 1.29 is 0 Å². The van der Waals surface area contributed by atoms with Crippen LogP contribution in [0.2, 0.25) is 5.02 Å². The summed E-state index contributed by atoms with van der Waals surface area (Å²) >= 11 is 6.01. The summed E-state index contributed by atoms with van der Waals surface area (Å²) in [6, 6.07) is 9.85. The van der Waals surface area contributed by atoms with Crippen molar-refractivity contribution >= 4 is 28.2 Å². The quantitative estimate of drug-likeness (QED) is 0.450. The molecule has 0 spiro atoms. The summed E-state index contributed by atoms with van der Waals surface area (Å²) in [4.78, 5) is 17.9. The average Bonchev–Trinajstić information content (AvgIpc) is 3.16. The molecule has 0 bridgehead atoms. The summed E-state index contributed by atoms with van der Waals surface area (Å²) in [7, 11) is 0. The highest BCUT2D eigenvalue weighted by Crippen LogP contribution is 2.37. The summed E-state index contributed by atoms with van der Waals surface area (Å²) < 4.78 is 3.68. The number of aromatic nitrogens is 4. The Morgan fingerprint density at radius 3 is 2.66 bits per heavy atom. The molecule has 3 atom stereocenters. The number of benzene rings is 1. The zero-order valence-corrected chi connectivity index (χ0v) is 17.3. The first kappa shape index (κ1) is 18.4. The minimum absolute atomic E-state index is 0.0198. The van der Waals surface area contributed by atoms with Gasteiger partial charge in [-0.15, -0.1) is 0 Å². The number of hydrogen-bond donors (Lipinski definition) is 0. The summed E-state index contributed by atoms with van der Waals surface area (Å²) in [5.74, 6) is 1.11. The third-order valence-electron chi connectivity index (χ3n) is 6.60. The molecule has 148 valence electrons. The monoisotopic (exact) mass is 406 g/mol. The van der Waals surface area contributed by atoms with Gasteiger partial charge in [-0.05, 0) is 42.0 Å². The molecule has 0 radical (unpaired) electrons. The van der Waals surface area contributed by atoms with Gasteiger partial charge in [0.25, 0.3) is 5.56 Å². The van der Waals surface area contributed by atoms with E-state index in [1.54, 1.807) is 16.9 Å². The molecule has 29 heavy (non-hydrogen) atoms. The van der Waals surface area contributed by atoms with Crippen LogP contribution in [0.4, 0.5) is 0 Å². The summed E-state index contributed by atoms with van der Waals surface area (Å²) in [5.41, 5.74) is 3.45. The van der Waals surface area contributed by atoms with Crippen LogP contribution >= 0.6 is 11.6 Å². The maximum atomic E-state index is 13.3. The van der Waals surface area contributed by atoms with Crippen molar-refractivity contribution in [3.63, 3.8) is 0 Å². The number of pyridine rings is 1. The Morgan fingerprint density at radius 1 is 1.07 bits per heavy atom. The van der Waals surface area contributed by atoms with Crippen molar-refractivity contribution in [2.45, 2.75) is 39.2 Å². The van der Waals surface area contributed by atoms with E-state index >= 15 is 0 Å². The van der Waals surface area contributed by atoms with Crippen LogP contribution in [0.1, 0.15) is 39.2 Å². The molecule has 0 amide bonds. The maximum absolute atomic E-state index is 13.3. The van der Waals surface area contributed by atoms with Gasteiger partial charge < -0.3 is 4.57 Å². The van der Waals surface area contributed by atoms with Crippen molar-refractivity contribution in [2.24, 2.45) is 11.8 Å². The van der Waals surface area contributed by atoms with Crippen LogP contribution in [-0.4, -0.2) is 19.2 Å². The standard InChI is InChI=1S/C23H23ClN4O/c1-14-4-3-5-20(15(14)2)27-11-10-21-19(23(27)29)12-25-22-18(13-26-28(21)22)16-6-8-17(24)9-7-16/h6-15,20H,3-5H2,1-2H3/t14-,15+,20+/m1/s1. The zero-order chi connectivity index (χ0) is 20.1. The Bertz CT molecular complexity index is 1260. The molecule has 1 saturated carbocycles. The summed E-state index contributed by atoms with van der Waals surface area (Å²) in [5, 5.41) is 5.83. The van der Waals surface area contributed by atoms with Crippen molar-refractivity contribution in [2.75, 3.05) is 0 Å². The molecule has 4 aromatic rings. The van der Waals surface area contributed by atoms with Gasteiger partial charge in [0.2, 0.25) is 0 Å². The lowest BCUT2D eigenvalue weighted by atomic mass is 9.78. The lowest BCUT2D eigenvalue weighted by Gasteiger charge is -2.35. The molecule has 6 heteroatoms. The predicted molar refractivity (Wildman–Crippen MR) is 116 cm³/mol. The SMILES string of the molecule is C[C@H]1[C@H](C)CCC[C@@H]1n1ccc2c(cnc3c(-c4ccc(Cl)cc4)cnn32)c1=O. The van der Waals surface area contributed by atoms with E-state index in [0.29, 0.717) is 22.2 Å². The van der Waals surface area contributed by atoms with Gasteiger partial charge in [0.1, 0.15) is 0 Å². The van der Waals surface area contributed by atoms with Crippen LogP contribution in [0, 0.1) is 11.8 Å². The summed E-state index contributed by atoms with van der Waals surface area (Å²) in [6.45, 7) is 4.55. The molecular formula is C23H23ClN4O. The third kappa shape index (κ3) is 2.96. The smallest absolute Gasteiger partial charge is 0.261 e. The molecule has 5 nitrogen and oxygen atoms in total. The molecule has 3 aromatic heterocycles. The first-order valence-electron chi connectivity index (χ1n) is 10.2. The number of halogens is 1. The minimum Gasteiger partial charge on any atom is -0.311 e. The highest BCUT2D eigenvalue weighted by Gasteiger charge is 2.29. The van der Waals surface area contributed by atoms with Crippen LogP contribution < -0.4 is 5.56 Å². The van der Waals surface area contributed by atoms with Crippen LogP contribution in [0.15, 0.2) is 53.7 Å². The van der Waals surface area contributed by atoms with E-state index in [1.807, 2.05) is 41.1 Å². The summed E-state index contributed by atoms with van der Waals surface area (Å²) in [6.07, 6.45) is 8.88. The second-order valence-electron chi connectivity index (χ2n) is 8.22. The van der Waals surface area contributed by atoms with Crippen molar-refractivity contribution in [1.82, 2.24) is 19.2 Å². The van der Waals surface area contributed by atoms with Gasteiger partial charge in [0.05, 0.1) is 17.1 Å². The fraction of sp³-hybridized carbons (Fsp3) is 0.348. The van der Waals surface area contributed by atoms with Gasteiger partial charge in [0.15, 0.2) is 5.65 Å². The topological polar surface area (TPSA) is 52.2 Å². The number of hydrogen-bond acceptors (Lipinski definition) is 3. The molecule has 3 heterocycles. The van der Waals surface area contributed by atoms with Gasteiger partial charge in [-0.1, -0.05) is 50.4 Å². The van der Waals surface area contributed by atoms with E-state index < -0.39 is 0 Å². The van der Waals surface area contributed by atoms with Gasteiger partial charge in [0, 0.05) is 29.0 Å². The Labute approximate surface area is 174 Å². The Balaban J connectivity index is 1.65. The molecular weight excluding hydrogens is 384 g/mol. The molecule has 0 unspecified atom stereocenters. The molecule has 1 fully saturated rings. The Hall–Kier alpha value is -2.66. The van der Waals surface area contributed by atoms with Crippen molar-refractivity contribution in [3.05, 3.63) is 64.3 Å². The lowest BCUT2D eigenvalue weighted by molar-refractivity contribution is 0.183.